The fourth-order valence-electron chi connectivity index (χ4n) is 5.14. The summed E-state index contributed by atoms with van der Waals surface area (Å²) in [6.07, 6.45) is -6.79. The van der Waals surface area contributed by atoms with Gasteiger partial charge in [-0.1, -0.05) is 106 Å². The predicted octanol–water partition coefficient (Wildman–Crippen LogP) is 7.60. The molecule has 0 saturated carbocycles. The lowest BCUT2D eigenvalue weighted by Gasteiger charge is -2.47. The Morgan fingerprint density at radius 1 is 0.577 bits per heavy atom. The molecule has 274 valence electrons. The predicted molar refractivity (Wildman–Crippen MR) is 196 cm³/mol. The van der Waals surface area contributed by atoms with Crippen molar-refractivity contribution in [3.8, 4) is 0 Å². The van der Waals surface area contributed by atoms with Gasteiger partial charge in [-0.2, -0.15) is 0 Å². The maximum absolute atomic E-state index is 13.8. The largest absolute Gasteiger partial charge is 0.450 e. The molecular weight excluding hydrogens is 681 g/mol. The Balaban J connectivity index is 1.52. The highest BCUT2D eigenvalue weighted by atomic mass is 28.4. The molecule has 11 heteroatoms. The van der Waals surface area contributed by atoms with E-state index in [4.69, 9.17) is 32.8 Å². The van der Waals surface area contributed by atoms with Crippen LogP contribution in [0.5, 0.6) is 0 Å². The van der Waals surface area contributed by atoms with E-state index in [1.807, 2.05) is 43.4 Å². The number of benzene rings is 4. The molecule has 1 aliphatic heterocycles. The van der Waals surface area contributed by atoms with Crippen molar-refractivity contribution in [2.45, 2.75) is 76.4 Å². The van der Waals surface area contributed by atoms with Gasteiger partial charge in [-0.25, -0.2) is 14.4 Å². The first-order valence-corrected chi connectivity index (χ1v) is 20.2. The van der Waals surface area contributed by atoms with Gasteiger partial charge < -0.3 is 32.8 Å². The van der Waals surface area contributed by atoms with Gasteiger partial charge in [0.2, 0.25) is 6.29 Å². The Hall–Kier alpha value is -4.65. The van der Waals surface area contributed by atoms with Crippen molar-refractivity contribution in [1.82, 2.24) is 0 Å². The number of carbonyl (C=O) groups excluding carboxylic acids is 3. The smallest absolute Gasteiger partial charge is 0.338 e. The number of rotatable bonds is 14. The molecule has 0 bridgehead atoms. The summed E-state index contributed by atoms with van der Waals surface area (Å²) in [5, 5.41) is -0.293. The van der Waals surface area contributed by atoms with Gasteiger partial charge in [0.15, 0.2) is 32.9 Å². The Morgan fingerprint density at radius 3 is 1.42 bits per heavy atom. The van der Waals surface area contributed by atoms with Crippen LogP contribution < -0.4 is 0 Å². The van der Waals surface area contributed by atoms with E-state index < -0.39 is 57.1 Å². The summed E-state index contributed by atoms with van der Waals surface area (Å²) >= 11 is 0. The maximum Gasteiger partial charge on any atom is 0.338 e. The summed E-state index contributed by atoms with van der Waals surface area (Å²) in [4.78, 5) is 41.1. The van der Waals surface area contributed by atoms with Gasteiger partial charge in [-0.05, 0) is 60.1 Å². The van der Waals surface area contributed by atoms with Crippen LogP contribution in [0.25, 0.3) is 0 Å². The van der Waals surface area contributed by atoms with E-state index in [2.05, 4.69) is 20.8 Å². The zero-order chi connectivity index (χ0) is 37.1. The van der Waals surface area contributed by atoms with Gasteiger partial charge in [0.25, 0.3) is 0 Å². The van der Waals surface area contributed by atoms with Crippen molar-refractivity contribution in [2.75, 3.05) is 13.2 Å². The summed E-state index contributed by atoms with van der Waals surface area (Å²) in [7, 11) is -2.66. The third-order valence-electron chi connectivity index (χ3n) is 9.05. The van der Waals surface area contributed by atoms with Crippen LogP contribution in [-0.4, -0.2) is 70.3 Å². The quantitative estimate of drug-likeness (QED) is 0.0557. The van der Waals surface area contributed by atoms with Gasteiger partial charge in [0, 0.05) is 0 Å². The van der Waals surface area contributed by atoms with Crippen molar-refractivity contribution in [2.24, 2.45) is 0 Å². The summed E-state index contributed by atoms with van der Waals surface area (Å²) in [5.41, 5.74) is 1.74. The van der Waals surface area contributed by atoms with Crippen molar-refractivity contribution >= 4 is 26.2 Å². The summed E-state index contributed by atoms with van der Waals surface area (Å²) in [6, 6.07) is 34.8. The second-order valence-electron chi connectivity index (χ2n) is 13.9. The Bertz CT molecular complexity index is 1730. The van der Waals surface area contributed by atoms with Crippen LogP contribution in [0.15, 0.2) is 121 Å². The fraction of sp³-hybridized carbons (Fsp3) is 0.341. The van der Waals surface area contributed by atoms with E-state index in [9.17, 15) is 14.4 Å². The van der Waals surface area contributed by atoms with Crippen LogP contribution in [0.3, 0.4) is 0 Å². The molecule has 4 aromatic rings. The summed E-state index contributed by atoms with van der Waals surface area (Å²) in [5.74, 6) is -2.16. The van der Waals surface area contributed by atoms with Gasteiger partial charge in [0.1, 0.15) is 0 Å². The average molecular weight is 727 g/mol. The molecule has 5 atom stereocenters. The van der Waals surface area contributed by atoms with Crippen LogP contribution >= 0.6 is 0 Å². The normalized spacial score (nSPS) is 20.4. The standard InChI is InChI=1S/C41H46O10Si/c1-41(2,3)52(4,5)51-40-35(49-38(44)32-24-16-9-17-25-32)33(47-36(42)30-20-12-7-13-21-30)34(48-37(43)31-22-14-8-15-23-31)39(50-40)46-27-26-45-28-29-18-10-6-11-19-29/h6-25,33-35,39-40H,26-28H2,1-5H3. The number of esters is 3. The van der Waals surface area contributed by atoms with Crippen LogP contribution in [0.4, 0.5) is 0 Å². The van der Waals surface area contributed by atoms with Gasteiger partial charge in [-0.15, -0.1) is 0 Å². The molecule has 10 nitrogen and oxygen atoms in total. The number of carbonyl (C=O) groups is 3. The monoisotopic (exact) mass is 726 g/mol. The Morgan fingerprint density at radius 2 is 0.981 bits per heavy atom. The zero-order valence-electron chi connectivity index (χ0n) is 30.1. The number of ether oxygens (including phenoxy) is 6. The number of hydrogen-bond acceptors (Lipinski definition) is 10. The SMILES string of the molecule is CC(C)(C)[Si](C)(C)OC1OC(OCCOCc2ccccc2)C(OC(=O)c2ccccc2)C(OC(=O)c2ccccc2)C1OC(=O)c1ccccc1. The van der Waals surface area contributed by atoms with E-state index in [-0.39, 0.29) is 34.9 Å². The van der Waals surface area contributed by atoms with Crippen LogP contribution in [0.2, 0.25) is 18.1 Å². The van der Waals surface area contributed by atoms with Crippen LogP contribution in [-0.2, 0) is 39.5 Å². The second kappa shape index (κ2) is 17.7. The van der Waals surface area contributed by atoms with Crippen molar-refractivity contribution in [3.63, 3.8) is 0 Å². The van der Waals surface area contributed by atoms with Crippen LogP contribution in [0.1, 0.15) is 57.4 Å². The minimum atomic E-state index is -2.66. The van der Waals surface area contributed by atoms with E-state index in [1.165, 1.54) is 0 Å². The van der Waals surface area contributed by atoms with E-state index in [0.29, 0.717) is 6.61 Å². The number of hydrogen-bond donors (Lipinski definition) is 0. The second-order valence-corrected chi connectivity index (χ2v) is 18.6. The molecule has 0 aliphatic carbocycles. The minimum Gasteiger partial charge on any atom is -0.450 e. The molecule has 5 unspecified atom stereocenters. The highest BCUT2D eigenvalue weighted by Crippen LogP contribution is 2.40. The first-order chi connectivity index (χ1) is 24.9. The Kier molecular flexibility index (Phi) is 13.1. The zero-order valence-corrected chi connectivity index (χ0v) is 31.1. The Labute approximate surface area is 306 Å². The molecule has 0 amide bonds. The molecule has 0 radical (unpaired) electrons. The lowest BCUT2D eigenvalue weighted by Crippen LogP contribution is -2.64. The van der Waals surface area contributed by atoms with E-state index in [1.54, 1.807) is 91.0 Å². The van der Waals surface area contributed by atoms with Gasteiger partial charge >= 0.3 is 17.9 Å². The third kappa shape index (κ3) is 10.2. The molecule has 52 heavy (non-hydrogen) atoms. The van der Waals surface area contributed by atoms with Gasteiger partial charge in [0.05, 0.1) is 36.5 Å². The van der Waals surface area contributed by atoms with E-state index >= 15 is 0 Å². The maximum atomic E-state index is 13.8. The first-order valence-electron chi connectivity index (χ1n) is 17.3. The molecule has 1 fully saturated rings. The molecule has 1 aliphatic rings. The van der Waals surface area contributed by atoms with Crippen LogP contribution in [0, 0.1) is 0 Å². The van der Waals surface area contributed by atoms with Gasteiger partial charge in [-0.3, -0.25) is 0 Å². The topological polar surface area (TPSA) is 116 Å². The average Bonchev–Trinajstić information content (AvgIpc) is 3.14. The van der Waals surface area contributed by atoms with Crippen molar-refractivity contribution in [3.05, 3.63) is 144 Å². The summed E-state index contributed by atoms with van der Waals surface area (Å²) in [6.45, 7) is 10.8. The van der Waals surface area contributed by atoms with Crippen molar-refractivity contribution in [1.29, 1.82) is 0 Å². The molecule has 1 heterocycles. The molecule has 0 spiro atoms. The first kappa shape index (κ1) is 38.6. The molecule has 0 N–H and O–H groups in total. The molecular formula is C41H46O10Si. The van der Waals surface area contributed by atoms with Crippen molar-refractivity contribution < 1.29 is 47.2 Å². The third-order valence-corrected chi connectivity index (χ3v) is 13.5. The molecule has 5 rings (SSSR count). The molecule has 4 aromatic carbocycles. The summed E-state index contributed by atoms with van der Waals surface area (Å²) < 4.78 is 43.7. The highest BCUT2D eigenvalue weighted by Gasteiger charge is 2.56. The minimum absolute atomic E-state index is 0.0253. The molecule has 1 saturated heterocycles. The molecule has 0 aromatic heterocycles. The van der Waals surface area contributed by atoms with E-state index in [0.717, 1.165) is 5.56 Å². The lowest BCUT2D eigenvalue weighted by molar-refractivity contribution is -0.333. The fourth-order valence-corrected chi connectivity index (χ4v) is 6.27. The lowest BCUT2D eigenvalue weighted by atomic mass is 10.0. The highest BCUT2D eigenvalue weighted by molar-refractivity contribution is 6.74.